The maximum Gasteiger partial charge on any atom is 0.270 e. The van der Waals surface area contributed by atoms with E-state index in [0.717, 1.165) is 12.1 Å². The predicted molar refractivity (Wildman–Crippen MR) is 115 cm³/mol. The number of hydrogen-bond donors (Lipinski definition) is 2. The van der Waals surface area contributed by atoms with Gasteiger partial charge in [-0.1, -0.05) is 12.1 Å². The molecule has 11 heteroatoms. The third-order valence-electron chi connectivity index (χ3n) is 4.06. The van der Waals surface area contributed by atoms with Crippen molar-refractivity contribution in [2.24, 2.45) is 5.10 Å². The van der Waals surface area contributed by atoms with Gasteiger partial charge in [0.25, 0.3) is 15.7 Å². The SMILES string of the molecule is COc1ccc(NS(=O)(=O)c2cc([N+](=O)[O-])ccc2N/N=C/c2cccc(F)c2)cc1. The Morgan fingerprint density at radius 2 is 1.84 bits per heavy atom. The number of rotatable bonds is 8. The van der Waals surface area contributed by atoms with Gasteiger partial charge in [0.1, 0.15) is 16.5 Å². The number of nitrogens with zero attached hydrogens (tertiary/aromatic N) is 2. The zero-order chi connectivity index (χ0) is 22.4. The van der Waals surface area contributed by atoms with Gasteiger partial charge in [-0.15, -0.1) is 0 Å². The molecule has 0 heterocycles. The molecule has 0 amide bonds. The Labute approximate surface area is 177 Å². The van der Waals surface area contributed by atoms with Gasteiger partial charge >= 0.3 is 0 Å². The molecule has 2 N–H and O–H groups in total. The monoisotopic (exact) mass is 444 g/mol. The van der Waals surface area contributed by atoms with E-state index < -0.39 is 26.5 Å². The Kier molecular flexibility index (Phi) is 6.46. The van der Waals surface area contributed by atoms with E-state index >= 15 is 0 Å². The molecule has 0 radical (unpaired) electrons. The molecule has 0 aliphatic carbocycles. The first-order valence-corrected chi connectivity index (χ1v) is 10.3. The lowest BCUT2D eigenvalue weighted by Crippen LogP contribution is -2.15. The van der Waals surface area contributed by atoms with Crippen LogP contribution in [0.15, 0.2) is 76.7 Å². The van der Waals surface area contributed by atoms with Gasteiger partial charge in [-0.25, -0.2) is 12.8 Å². The molecule has 9 nitrogen and oxygen atoms in total. The second-order valence-electron chi connectivity index (χ2n) is 6.20. The minimum Gasteiger partial charge on any atom is -0.497 e. The number of nitro groups is 1. The van der Waals surface area contributed by atoms with Crippen LogP contribution in [0.25, 0.3) is 0 Å². The van der Waals surface area contributed by atoms with Crippen molar-refractivity contribution in [2.45, 2.75) is 4.90 Å². The second-order valence-corrected chi connectivity index (χ2v) is 7.85. The summed E-state index contributed by atoms with van der Waals surface area (Å²) in [6.07, 6.45) is 1.29. The van der Waals surface area contributed by atoms with Gasteiger partial charge in [-0.3, -0.25) is 20.3 Å². The molecule has 0 atom stereocenters. The fourth-order valence-electron chi connectivity index (χ4n) is 2.57. The Morgan fingerprint density at radius 1 is 1.10 bits per heavy atom. The highest BCUT2D eigenvalue weighted by Crippen LogP contribution is 2.28. The van der Waals surface area contributed by atoms with Gasteiger partial charge < -0.3 is 4.74 Å². The van der Waals surface area contributed by atoms with Crippen LogP contribution >= 0.6 is 0 Å². The van der Waals surface area contributed by atoms with Crippen molar-refractivity contribution in [3.05, 3.63) is 88.2 Å². The molecule has 0 fully saturated rings. The molecule has 0 unspecified atom stereocenters. The average Bonchev–Trinajstić information content (AvgIpc) is 2.74. The maximum atomic E-state index is 13.3. The summed E-state index contributed by atoms with van der Waals surface area (Å²) in [5.41, 5.74) is 2.81. The van der Waals surface area contributed by atoms with E-state index in [2.05, 4.69) is 15.2 Å². The Balaban J connectivity index is 1.92. The maximum absolute atomic E-state index is 13.3. The van der Waals surface area contributed by atoms with Gasteiger partial charge in [-0.2, -0.15) is 5.10 Å². The predicted octanol–water partition coefficient (Wildman–Crippen LogP) is 3.99. The van der Waals surface area contributed by atoms with Gasteiger partial charge in [0.15, 0.2) is 0 Å². The molecule has 3 aromatic carbocycles. The summed E-state index contributed by atoms with van der Waals surface area (Å²) in [7, 11) is -2.74. The van der Waals surface area contributed by atoms with Crippen molar-refractivity contribution in [3.8, 4) is 5.75 Å². The standard InChI is InChI=1S/C20H17FN4O5S/c1-30-18-8-5-16(6-9-18)24-31(28,29)20-12-17(25(26)27)7-10-19(20)23-22-13-14-3-2-4-15(21)11-14/h2-13,23-24H,1H3/b22-13+. The van der Waals surface area contributed by atoms with E-state index in [1.807, 2.05) is 0 Å². The molecule has 0 aliphatic heterocycles. The number of sulfonamides is 1. The molecule has 160 valence electrons. The Bertz CT molecular complexity index is 1230. The summed E-state index contributed by atoms with van der Waals surface area (Å²) >= 11 is 0. The highest BCUT2D eigenvalue weighted by molar-refractivity contribution is 7.92. The molecular weight excluding hydrogens is 427 g/mol. The number of ether oxygens (including phenoxy) is 1. The van der Waals surface area contributed by atoms with Gasteiger partial charge in [0, 0.05) is 17.8 Å². The van der Waals surface area contributed by atoms with E-state index in [1.54, 1.807) is 18.2 Å². The average molecular weight is 444 g/mol. The van der Waals surface area contributed by atoms with Crippen molar-refractivity contribution in [3.63, 3.8) is 0 Å². The Morgan fingerprint density at radius 3 is 2.48 bits per heavy atom. The summed E-state index contributed by atoms with van der Waals surface area (Å²) in [5.74, 6) is 0.0820. The number of hydrazone groups is 1. The normalized spacial score (nSPS) is 11.3. The van der Waals surface area contributed by atoms with Crippen molar-refractivity contribution in [1.82, 2.24) is 0 Å². The zero-order valence-corrected chi connectivity index (χ0v) is 17.0. The van der Waals surface area contributed by atoms with Crippen molar-refractivity contribution in [2.75, 3.05) is 17.3 Å². The molecule has 0 saturated heterocycles. The number of halogens is 1. The zero-order valence-electron chi connectivity index (χ0n) is 16.2. The van der Waals surface area contributed by atoms with E-state index in [1.165, 1.54) is 49.7 Å². The van der Waals surface area contributed by atoms with Crippen molar-refractivity contribution in [1.29, 1.82) is 0 Å². The lowest BCUT2D eigenvalue weighted by atomic mass is 10.2. The smallest absolute Gasteiger partial charge is 0.270 e. The van der Waals surface area contributed by atoms with E-state index in [-0.39, 0.29) is 16.3 Å². The summed E-state index contributed by atoms with van der Waals surface area (Å²) in [6, 6.07) is 15.0. The lowest BCUT2D eigenvalue weighted by molar-refractivity contribution is -0.385. The number of benzene rings is 3. The molecule has 0 saturated carbocycles. The van der Waals surface area contributed by atoms with Gasteiger partial charge in [0.05, 0.1) is 23.9 Å². The van der Waals surface area contributed by atoms with Crippen LogP contribution in [0, 0.1) is 15.9 Å². The number of nitro benzene ring substituents is 1. The minimum absolute atomic E-state index is 0.000681. The van der Waals surface area contributed by atoms with E-state index in [0.29, 0.717) is 11.3 Å². The third-order valence-corrected chi connectivity index (χ3v) is 5.48. The van der Waals surface area contributed by atoms with Crippen LogP contribution in [-0.4, -0.2) is 26.7 Å². The molecule has 0 aromatic heterocycles. The summed E-state index contributed by atoms with van der Waals surface area (Å²) in [6.45, 7) is 0. The van der Waals surface area contributed by atoms with Crippen LogP contribution in [0.1, 0.15) is 5.56 Å². The number of anilines is 2. The van der Waals surface area contributed by atoms with E-state index in [9.17, 15) is 22.9 Å². The first-order valence-electron chi connectivity index (χ1n) is 8.78. The number of non-ortho nitro benzene ring substituents is 1. The molecule has 0 aliphatic rings. The molecule has 0 spiro atoms. The van der Waals surface area contributed by atoms with Crippen LogP contribution < -0.4 is 14.9 Å². The van der Waals surface area contributed by atoms with Gasteiger partial charge in [0.2, 0.25) is 0 Å². The quantitative estimate of drug-likeness (QED) is 0.308. The fourth-order valence-corrected chi connectivity index (χ4v) is 3.81. The van der Waals surface area contributed by atoms with Crippen LogP contribution in [0.5, 0.6) is 5.75 Å². The number of hydrogen-bond acceptors (Lipinski definition) is 7. The minimum atomic E-state index is -4.21. The van der Waals surface area contributed by atoms with Crippen LogP contribution in [-0.2, 0) is 10.0 Å². The van der Waals surface area contributed by atoms with Crippen LogP contribution in [0.4, 0.5) is 21.5 Å². The highest BCUT2D eigenvalue weighted by Gasteiger charge is 2.22. The first kappa shape index (κ1) is 21.7. The molecule has 31 heavy (non-hydrogen) atoms. The third kappa shape index (κ3) is 5.54. The molecule has 3 rings (SSSR count). The van der Waals surface area contributed by atoms with E-state index in [4.69, 9.17) is 4.74 Å². The highest BCUT2D eigenvalue weighted by atomic mass is 32.2. The summed E-state index contributed by atoms with van der Waals surface area (Å²) in [5, 5.41) is 15.1. The van der Waals surface area contributed by atoms with Crippen molar-refractivity contribution < 1.29 is 22.5 Å². The second kappa shape index (κ2) is 9.22. The summed E-state index contributed by atoms with van der Waals surface area (Å²) < 4.78 is 46.5. The number of methoxy groups -OCH3 is 1. The van der Waals surface area contributed by atoms with Crippen molar-refractivity contribution >= 4 is 33.3 Å². The largest absolute Gasteiger partial charge is 0.497 e. The molecular formula is C20H17FN4O5S. The van der Waals surface area contributed by atoms with Crippen LogP contribution in [0.2, 0.25) is 0 Å². The topological polar surface area (TPSA) is 123 Å². The fraction of sp³-hybridized carbons (Fsp3) is 0.0500. The van der Waals surface area contributed by atoms with Gasteiger partial charge in [-0.05, 0) is 48.0 Å². The van der Waals surface area contributed by atoms with Crippen LogP contribution in [0.3, 0.4) is 0 Å². The molecule has 3 aromatic rings. The lowest BCUT2D eigenvalue weighted by Gasteiger charge is -2.12. The first-order chi connectivity index (χ1) is 14.8. The Hall–Kier alpha value is -3.99. The summed E-state index contributed by atoms with van der Waals surface area (Å²) in [4.78, 5) is 10.1. The molecule has 0 bridgehead atoms. The number of nitrogens with one attached hydrogen (secondary N) is 2.